The van der Waals surface area contributed by atoms with Gasteiger partial charge in [0.1, 0.15) is 0 Å². The maximum Gasteiger partial charge on any atom is 0.0594 e. The van der Waals surface area contributed by atoms with Crippen LogP contribution in [0.15, 0.2) is 24.3 Å². The minimum atomic E-state index is 0.539. The second-order valence-electron chi connectivity index (χ2n) is 6.46. The number of ether oxygens (including phenoxy) is 2. The van der Waals surface area contributed by atoms with E-state index in [0.717, 1.165) is 65.4 Å². The van der Waals surface area contributed by atoms with Gasteiger partial charge in [-0.25, -0.2) is 0 Å². The predicted molar refractivity (Wildman–Crippen MR) is 94.4 cm³/mol. The van der Waals surface area contributed by atoms with Crippen LogP contribution < -0.4 is 10.2 Å². The van der Waals surface area contributed by atoms with Gasteiger partial charge in [0.05, 0.1) is 13.2 Å². The monoisotopic (exact) mass is 319 g/mol. The van der Waals surface area contributed by atoms with E-state index in [2.05, 4.69) is 46.4 Å². The van der Waals surface area contributed by atoms with Gasteiger partial charge < -0.3 is 19.7 Å². The Labute approximate surface area is 139 Å². The molecule has 2 heterocycles. The highest BCUT2D eigenvalue weighted by atomic mass is 16.5. The Kier molecular flexibility index (Phi) is 6.13. The van der Waals surface area contributed by atoms with Crippen molar-refractivity contribution in [3.8, 4) is 0 Å². The van der Waals surface area contributed by atoms with Crippen LogP contribution in [0.3, 0.4) is 0 Å². The van der Waals surface area contributed by atoms with E-state index in [9.17, 15) is 0 Å². The summed E-state index contributed by atoms with van der Waals surface area (Å²) in [7, 11) is 2.17. The molecule has 0 saturated carbocycles. The Morgan fingerprint density at radius 1 is 1.13 bits per heavy atom. The summed E-state index contributed by atoms with van der Waals surface area (Å²) < 4.78 is 10.8. The molecule has 2 aliphatic rings. The molecule has 2 saturated heterocycles. The van der Waals surface area contributed by atoms with Gasteiger partial charge in [0, 0.05) is 63.9 Å². The average molecular weight is 319 g/mol. The number of rotatable bonds is 6. The minimum Gasteiger partial charge on any atom is -0.382 e. The first-order valence-corrected chi connectivity index (χ1v) is 8.77. The maximum atomic E-state index is 5.43. The topological polar surface area (TPSA) is 37.0 Å². The van der Waals surface area contributed by atoms with Gasteiger partial charge in [0.2, 0.25) is 0 Å². The van der Waals surface area contributed by atoms with Gasteiger partial charge in [0.25, 0.3) is 0 Å². The largest absolute Gasteiger partial charge is 0.382 e. The molecule has 5 heteroatoms. The van der Waals surface area contributed by atoms with Crippen LogP contribution >= 0.6 is 0 Å². The molecule has 0 spiro atoms. The van der Waals surface area contributed by atoms with E-state index in [4.69, 9.17) is 9.47 Å². The van der Waals surface area contributed by atoms with E-state index in [1.54, 1.807) is 0 Å². The van der Waals surface area contributed by atoms with Crippen LogP contribution in [-0.2, 0) is 9.47 Å². The van der Waals surface area contributed by atoms with E-state index in [-0.39, 0.29) is 0 Å². The Hall–Kier alpha value is -1.30. The highest BCUT2D eigenvalue weighted by Crippen LogP contribution is 2.21. The molecular weight excluding hydrogens is 290 g/mol. The third-order valence-electron chi connectivity index (χ3n) is 4.73. The third kappa shape index (κ3) is 5.09. The van der Waals surface area contributed by atoms with Gasteiger partial charge in [-0.15, -0.1) is 0 Å². The average Bonchev–Trinajstić information content (AvgIpc) is 2.62. The summed E-state index contributed by atoms with van der Waals surface area (Å²) in [5.41, 5.74) is 2.49. The zero-order valence-electron chi connectivity index (χ0n) is 14.2. The summed E-state index contributed by atoms with van der Waals surface area (Å²) in [4.78, 5) is 4.81. The first-order valence-electron chi connectivity index (χ1n) is 8.77. The molecule has 5 nitrogen and oxygen atoms in total. The number of morpholine rings is 1. The van der Waals surface area contributed by atoms with Gasteiger partial charge in [-0.05, 0) is 31.0 Å². The number of likely N-dealkylation sites (N-methyl/N-ethyl adjacent to an activating group) is 1. The lowest BCUT2D eigenvalue weighted by Gasteiger charge is -2.29. The summed E-state index contributed by atoms with van der Waals surface area (Å²) in [5.74, 6) is 0. The number of anilines is 2. The molecule has 0 aromatic heterocycles. The predicted octanol–water partition coefficient (Wildman–Crippen LogP) is 2.05. The summed E-state index contributed by atoms with van der Waals surface area (Å²) >= 11 is 0. The molecule has 1 N–H and O–H groups in total. The van der Waals surface area contributed by atoms with Crippen LogP contribution in [-0.4, -0.2) is 70.6 Å². The zero-order chi connectivity index (χ0) is 15.9. The molecule has 1 aromatic rings. The fraction of sp³-hybridized carbons (Fsp3) is 0.667. The second-order valence-corrected chi connectivity index (χ2v) is 6.46. The van der Waals surface area contributed by atoms with E-state index in [1.807, 2.05) is 0 Å². The number of hydrogen-bond acceptors (Lipinski definition) is 5. The number of nitrogens with one attached hydrogen (secondary N) is 1. The quantitative estimate of drug-likeness (QED) is 0.868. The lowest BCUT2D eigenvalue weighted by Crippen LogP contribution is -2.40. The Morgan fingerprint density at radius 2 is 1.87 bits per heavy atom. The van der Waals surface area contributed by atoms with Gasteiger partial charge >= 0.3 is 0 Å². The number of hydrogen-bond donors (Lipinski definition) is 1. The molecule has 0 aliphatic carbocycles. The van der Waals surface area contributed by atoms with Crippen LogP contribution in [0.25, 0.3) is 0 Å². The van der Waals surface area contributed by atoms with Crippen LogP contribution in [0, 0.1) is 0 Å². The first-order chi connectivity index (χ1) is 11.3. The normalized spacial score (nSPS) is 20.4. The zero-order valence-corrected chi connectivity index (χ0v) is 14.2. The lowest BCUT2D eigenvalue weighted by molar-refractivity contribution is 0.0393. The number of nitrogens with zero attached hydrogens (tertiary/aromatic N) is 2. The molecule has 2 fully saturated rings. The van der Waals surface area contributed by atoms with Crippen molar-refractivity contribution in [3.05, 3.63) is 24.3 Å². The molecule has 23 heavy (non-hydrogen) atoms. The van der Waals surface area contributed by atoms with Gasteiger partial charge in [-0.1, -0.05) is 6.07 Å². The van der Waals surface area contributed by atoms with Crippen LogP contribution in [0.4, 0.5) is 11.4 Å². The van der Waals surface area contributed by atoms with Crippen molar-refractivity contribution >= 4 is 11.4 Å². The van der Waals surface area contributed by atoms with Gasteiger partial charge in [0.15, 0.2) is 0 Å². The van der Waals surface area contributed by atoms with E-state index < -0.39 is 0 Å². The molecule has 0 radical (unpaired) electrons. The highest BCUT2D eigenvalue weighted by molar-refractivity contribution is 5.58. The molecule has 0 bridgehead atoms. The van der Waals surface area contributed by atoms with E-state index in [1.165, 1.54) is 11.4 Å². The molecule has 2 aliphatic heterocycles. The molecule has 1 aromatic carbocycles. The third-order valence-corrected chi connectivity index (χ3v) is 4.73. The van der Waals surface area contributed by atoms with Crippen molar-refractivity contribution in [3.63, 3.8) is 0 Å². The molecule has 0 unspecified atom stereocenters. The molecular formula is C18H29N3O2. The Morgan fingerprint density at radius 3 is 2.65 bits per heavy atom. The van der Waals surface area contributed by atoms with Gasteiger partial charge in [-0.2, -0.15) is 0 Å². The van der Waals surface area contributed by atoms with Crippen LogP contribution in [0.1, 0.15) is 12.8 Å². The van der Waals surface area contributed by atoms with Gasteiger partial charge in [-0.3, -0.25) is 4.90 Å². The van der Waals surface area contributed by atoms with Crippen molar-refractivity contribution in [1.82, 2.24) is 4.90 Å². The maximum absolute atomic E-state index is 5.43. The molecule has 0 atom stereocenters. The Balaban J connectivity index is 1.50. The fourth-order valence-electron chi connectivity index (χ4n) is 3.16. The highest BCUT2D eigenvalue weighted by Gasteiger charge is 2.14. The van der Waals surface area contributed by atoms with Crippen molar-refractivity contribution in [1.29, 1.82) is 0 Å². The van der Waals surface area contributed by atoms with Crippen molar-refractivity contribution in [2.75, 3.05) is 69.9 Å². The van der Waals surface area contributed by atoms with Crippen molar-refractivity contribution in [2.24, 2.45) is 0 Å². The second kappa shape index (κ2) is 8.52. The first kappa shape index (κ1) is 16.6. The standard InChI is InChI=1S/C18H29N3O2/c1-20(7-8-21-9-13-23-14-10-21)18-4-2-3-17(15-18)19-16-5-11-22-12-6-16/h2-4,15-16,19H,5-14H2,1H3. The fourth-order valence-corrected chi connectivity index (χ4v) is 3.16. The SMILES string of the molecule is CN(CCN1CCOCC1)c1cccc(NC2CCOCC2)c1. The lowest BCUT2D eigenvalue weighted by atomic mass is 10.1. The summed E-state index contributed by atoms with van der Waals surface area (Å²) in [6, 6.07) is 9.29. The van der Waals surface area contributed by atoms with Crippen molar-refractivity contribution < 1.29 is 9.47 Å². The van der Waals surface area contributed by atoms with E-state index >= 15 is 0 Å². The summed E-state index contributed by atoms with van der Waals surface area (Å²) in [5, 5.41) is 3.65. The molecule has 3 rings (SSSR count). The molecule has 0 amide bonds. The van der Waals surface area contributed by atoms with Crippen molar-refractivity contribution in [2.45, 2.75) is 18.9 Å². The van der Waals surface area contributed by atoms with E-state index in [0.29, 0.717) is 6.04 Å². The summed E-state index contributed by atoms with van der Waals surface area (Å²) in [6.07, 6.45) is 2.19. The minimum absolute atomic E-state index is 0.539. The summed E-state index contributed by atoms with van der Waals surface area (Å²) in [6.45, 7) is 7.73. The number of benzene rings is 1. The Bertz CT molecular complexity index is 471. The van der Waals surface area contributed by atoms with Crippen LogP contribution in [0.5, 0.6) is 0 Å². The molecule has 128 valence electrons. The van der Waals surface area contributed by atoms with Crippen LogP contribution in [0.2, 0.25) is 0 Å². The smallest absolute Gasteiger partial charge is 0.0594 e.